The molecule has 2 aromatic rings. The first-order valence-corrected chi connectivity index (χ1v) is 7.71. The van der Waals surface area contributed by atoms with E-state index < -0.39 is 0 Å². The molecule has 0 saturated carbocycles. The van der Waals surface area contributed by atoms with E-state index in [1.54, 1.807) is 0 Å². The predicted molar refractivity (Wildman–Crippen MR) is 89.6 cm³/mol. The molecule has 21 heavy (non-hydrogen) atoms. The maximum Gasteiger partial charge on any atom is 0.131 e. The standard InChI is InChI=1S/C17H20ClN3/c1-13-5-3-6-15(14(13)2)20-9-11-21(12-10-20)17-8-4-7-16(18)19-17/h3-8H,9-12H2,1-2H3. The highest BCUT2D eigenvalue weighted by Gasteiger charge is 2.19. The van der Waals surface area contributed by atoms with Gasteiger partial charge in [-0.1, -0.05) is 29.8 Å². The summed E-state index contributed by atoms with van der Waals surface area (Å²) in [5.74, 6) is 0.975. The minimum Gasteiger partial charge on any atom is -0.368 e. The molecule has 0 unspecified atom stereocenters. The Hall–Kier alpha value is -1.74. The molecular formula is C17H20ClN3. The van der Waals surface area contributed by atoms with Gasteiger partial charge >= 0.3 is 0 Å². The number of pyridine rings is 1. The Balaban J connectivity index is 1.72. The van der Waals surface area contributed by atoms with Gasteiger partial charge < -0.3 is 9.80 Å². The summed E-state index contributed by atoms with van der Waals surface area (Å²) in [6, 6.07) is 12.3. The molecule has 0 spiro atoms. The van der Waals surface area contributed by atoms with Crippen molar-refractivity contribution < 1.29 is 0 Å². The maximum atomic E-state index is 5.98. The van der Waals surface area contributed by atoms with Crippen LogP contribution in [0.2, 0.25) is 5.15 Å². The molecule has 110 valence electrons. The molecular weight excluding hydrogens is 282 g/mol. The summed E-state index contributed by atoms with van der Waals surface area (Å²) in [7, 11) is 0. The molecule has 1 aliphatic rings. The van der Waals surface area contributed by atoms with E-state index in [0.29, 0.717) is 5.15 Å². The topological polar surface area (TPSA) is 19.4 Å². The van der Waals surface area contributed by atoms with Crippen molar-refractivity contribution in [2.24, 2.45) is 0 Å². The third-order valence-corrected chi connectivity index (χ3v) is 4.43. The molecule has 2 heterocycles. The smallest absolute Gasteiger partial charge is 0.131 e. The van der Waals surface area contributed by atoms with Gasteiger partial charge in [-0.15, -0.1) is 0 Å². The van der Waals surface area contributed by atoms with Crippen molar-refractivity contribution in [3.63, 3.8) is 0 Å². The van der Waals surface area contributed by atoms with Crippen molar-refractivity contribution in [3.05, 3.63) is 52.7 Å². The average molecular weight is 302 g/mol. The summed E-state index contributed by atoms with van der Waals surface area (Å²) in [6.07, 6.45) is 0. The number of hydrogen-bond donors (Lipinski definition) is 0. The third kappa shape index (κ3) is 2.98. The van der Waals surface area contributed by atoms with Gasteiger partial charge in [0, 0.05) is 31.9 Å². The van der Waals surface area contributed by atoms with Crippen molar-refractivity contribution in [2.75, 3.05) is 36.0 Å². The first kappa shape index (κ1) is 14.2. The van der Waals surface area contributed by atoms with E-state index in [-0.39, 0.29) is 0 Å². The van der Waals surface area contributed by atoms with Crippen LogP contribution in [0, 0.1) is 13.8 Å². The minimum absolute atomic E-state index is 0.560. The Bertz CT molecular complexity index is 634. The molecule has 1 fully saturated rings. The number of anilines is 2. The fourth-order valence-corrected chi connectivity index (χ4v) is 2.99. The number of piperazine rings is 1. The zero-order valence-corrected chi connectivity index (χ0v) is 13.3. The highest BCUT2D eigenvalue weighted by Crippen LogP contribution is 2.25. The Labute approximate surface area is 131 Å². The molecule has 0 N–H and O–H groups in total. The lowest BCUT2D eigenvalue weighted by Crippen LogP contribution is -2.47. The van der Waals surface area contributed by atoms with E-state index in [1.807, 2.05) is 18.2 Å². The van der Waals surface area contributed by atoms with Crippen molar-refractivity contribution in [1.29, 1.82) is 0 Å². The SMILES string of the molecule is Cc1cccc(N2CCN(c3cccc(Cl)n3)CC2)c1C. The summed E-state index contributed by atoms with van der Waals surface area (Å²) in [5, 5.41) is 0.560. The van der Waals surface area contributed by atoms with Crippen LogP contribution in [0.3, 0.4) is 0 Å². The predicted octanol–water partition coefficient (Wildman–Crippen LogP) is 3.68. The van der Waals surface area contributed by atoms with Gasteiger partial charge in [0.2, 0.25) is 0 Å². The largest absolute Gasteiger partial charge is 0.368 e. The van der Waals surface area contributed by atoms with Crippen molar-refractivity contribution in [1.82, 2.24) is 4.98 Å². The summed E-state index contributed by atoms with van der Waals surface area (Å²) < 4.78 is 0. The second-order valence-electron chi connectivity index (χ2n) is 5.51. The van der Waals surface area contributed by atoms with Gasteiger partial charge in [-0.05, 0) is 43.2 Å². The molecule has 0 aliphatic carbocycles. The maximum absolute atomic E-state index is 5.98. The van der Waals surface area contributed by atoms with Gasteiger partial charge in [0.25, 0.3) is 0 Å². The molecule has 0 amide bonds. The lowest BCUT2D eigenvalue weighted by Gasteiger charge is -2.37. The molecule has 0 radical (unpaired) electrons. The van der Waals surface area contributed by atoms with Crippen LogP contribution >= 0.6 is 11.6 Å². The van der Waals surface area contributed by atoms with Gasteiger partial charge in [0.1, 0.15) is 11.0 Å². The van der Waals surface area contributed by atoms with E-state index >= 15 is 0 Å². The second kappa shape index (κ2) is 5.94. The normalized spacial score (nSPS) is 15.4. The van der Waals surface area contributed by atoms with Crippen molar-refractivity contribution in [3.8, 4) is 0 Å². The highest BCUT2D eigenvalue weighted by molar-refractivity contribution is 6.29. The third-order valence-electron chi connectivity index (χ3n) is 4.22. The van der Waals surface area contributed by atoms with Crippen LogP contribution in [0.5, 0.6) is 0 Å². The fraction of sp³-hybridized carbons (Fsp3) is 0.353. The van der Waals surface area contributed by atoms with Gasteiger partial charge in [-0.25, -0.2) is 4.98 Å². The number of halogens is 1. The lowest BCUT2D eigenvalue weighted by atomic mass is 10.1. The van der Waals surface area contributed by atoms with E-state index in [9.17, 15) is 0 Å². The van der Waals surface area contributed by atoms with Gasteiger partial charge in [0.05, 0.1) is 0 Å². The van der Waals surface area contributed by atoms with Crippen molar-refractivity contribution in [2.45, 2.75) is 13.8 Å². The van der Waals surface area contributed by atoms with E-state index in [1.165, 1.54) is 16.8 Å². The quantitative estimate of drug-likeness (QED) is 0.789. The molecule has 1 aromatic heterocycles. The zero-order chi connectivity index (χ0) is 14.8. The number of hydrogen-bond acceptors (Lipinski definition) is 3. The second-order valence-corrected chi connectivity index (χ2v) is 5.90. The molecule has 4 heteroatoms. The molecule has 1 aromatic carbocycles. The highest BCUT2D eigenvalue weighted by atomic mass is 35.5. The summed E-state index contributed by atoms with van der Waals surface area (Å²) in [6.45, 7) is 8.35. The number of aromatic nitrogens is 1. The van der Waals surface area contributed by atoms with E-state index in [2.05, 4.69) is 46.8 Å². The van der Waals surface area contributed by atoms with E-state index in [0.717, 1.165) is 32.0 Å². The summed E-state index contributed by atoms with van der Waals surface area (Å²) in [4.78, 5) is 9.16. The number of benzene rings is 1. The van der Waals surface area contributed by atoms with Crippen LogP contribution in [0.25, 0.3) is 0 Å². The lowest BCUT2D eigenvalue weighted by molar-refractivity contribution is 0.646. The molecule has 1 saturated heterocycles. The monoisotopic (exact) mass is 301 g/mol. The zero-order valence-electron chi connectivity index (χ0n) is 12.5. The number of aryl methyl sites for hydroxylation is 1. The molecule has 3 nitrogen and oxygen atoms in total. The van der Waals surface area contributed by atoms with Crippen LogP contribution in [-0.4, -0.2) is 31.2 Å². The van der Waals surface area contributed by atoms with Gasteiger partial charge in [-0.3, -0.25) is 0 Å². The van der Waals surface area contributed by atoms with Crippen LogP contribution < -0.4 is 9.80 Å². The van der Waals surface area contributed by atoms with Gasteiger partial charge in [0.15, 0.2) is 0 Å². The Morgan fingerprint density at radius 3 is 2.29 bits per heavy atom. The molecule has 0 atom stereocenters. The first-order chi connectivity index (χ1) is 10.1. The van der Waals surface area contributed by atoms with Crippen LogP contribution in [0.15, 0.2) is 36.4 Å². The molecule has 1 aliphatic heterocycles. The van der Waals surface area contributed by atoms with Crippen LogP contribution in [0.4, 0.5) is 11.5 Å². The first-order valence-electron chi connectivity index (χ1n) is 7.34. The molecule has 3 rings (SSSR count). The van der Waals surface area contributed by atoms with Crippen molar-refractivity contribution >= 4 is 23.1 Å². The van der Waals surface area contributed by atoms with Crippen LogP contribution in [-0.2, 0) is 0 Å². The number of nitrogens with zero attached hydrogens (tertiary/aromatic N) is 3. The number of rotatable bonds is 2. The summed E-state index contributed by atoms with van der Waals surface area (Å²) >= 11 is 5.98. The average Bonchev–Trinajstić information content (AvgIpc) is 2.50. The fourth-order valence-electron chi connectivity index (χ4n) is 2.83. The van der Waals surface area contributed by atoms with Crippen LogP contribution in [0.1, 0.15) is 11.1 Å². The Morgan fingerprint density at radius 1 is 0.905 bits per heavy atom. The minimum atomic E-state index is 0.560. The summed E-state index contributed by atoms with van der Waals surface area (Å²) in [5.41, 5.74) is 4.09. The Morgan fingerprint density at radius 2 is 1.57 bits per heavy atom. The molecule has 0 bridgehead atoms. The van der Waals surface area contributed by atoms with Gasteiger partial charge in [-0.2, -0.15) is 0 Å². The van der Waals surface area contributed by atoms with E-state index in [4.69, 9.17) is 11.6 Å². The Kier molecular flexibility index (Phi) is 4.02.